The average Bonchev–Trinajstić information content (AvgIpc) is 3.45. The average molecular weight is 474 g/mol. The standard InChI is InChI=1S/C26H24FN5OS/c1-34-15-13-21(25-30-29-24-12-6-7-14-31(24)25)28-26(33)23-16-18-8-3-5-11-22(18)32(23)17-19-9-2-4-10-20(19)27/h2-12,14,16,21H,13,15,17H2,1H3,(H,28,33). The Hall–Kier alpha value is -3.65. The first-order valence-corrected chi connectivity index (χ1v) is 12.5. The summed E-state index contributed by atoms with van der Waals surface area (Å²) in [6.07, 6.45) is 4.64. The Labute approximate surface area is 200 Å². The van der Waals surface area contributed by atoms with Crippen molar-refractivity contribution in [2.45, 2.75) is 19.0 Å². The fraction of sp³-hybridized carbons (Fsp3) is 0.192. The predicted octanol–water partition coefficient (Wildman–Crippen LogP) is 5.10. The van der Waals surface area contributed by atoms with Gasteiger partial charge in [0.1, 0.15) is 11.5 Å². The van der Waals surface area contributed by atoms with E-state index in [1.165, 1.54) is 6.07 Å². The van der Waals surface area contributed by atoms with Gasteiger partial charge in [0.25, 0.3) is 5.91 Å². The van der Waals surface area contributed by atoms with Gasteiger partial charge in [0.05, 0.1) is 12.6 Å². The number of fused-ring (bicyclic) bond motifs is 2. The molecule has 1 unspecified atom stereocenters. The summed E-state index contributed by atoms with van der Waals surface area (Å²) in [5.41, 5.74) is 2.62. The number of halogens is 1. The van der Waals surface area contributed by atoms with Crippen LogP contribution in [0.4, 0.5) is 4.39 Å². The number of para-hydroxylation sites is 1. The van der Waals surface area contributed by atoms with E-state index < -0.39 is 0 Å². The molecule has 1 amide bonds. The van der Waals surface area contributed by atoms with Gasteiger partial charge in [0.2, 0.25) is 0 Å². The molecule has 3 aromatic heterocycles. The lowest BCUT2D eigenvalue weighted by Gasteiger charge is -2.18. The number of hydrogen-bond acceptors (Lipinski definition) is 4. The van der Waals surface area contributed by atoms with Crippen molar-refractivity contribution in [1.82, 2.24) is 24.5 Å². The Morgan fingerprint density at radius 3 is 2.71 bits per heavy atom. The lowest BCUT2D eigenvalue weighted by molar-refractivity contribution is 0.0925. The van der Waals surface area contributed by atoms with Crippen LogP contribution in [-0.4, -0.2) is 37.1 Å². The molecule has 5 rings (SSSR count). The molecule has 1 N–H and O–H groups in total. The maximum atomic E-state index is 14.5. The van der Waals surface area contributed by atoms with Crippen molar-refractivity contribution in [1.29, 1.82) is 0 Å². The Balaban J connectivity index is 1.52. The van der Waals surface area contributed by atoms with Crippen molar-refractivity contribution in [3.8, 4) is 0 Å². The summed E-state index contributed by atoms with van der Waals surface area (Å²) in [5.74, 6) is 1.02. The minimum absolute atomic E-state index is 0.230. The van der Waals surface area contributed by atoms with Crippen LogP contribution in [0, 0.1) is 5.82 Å². The summed E-state index contributed by atoms with van der Waals surface area (Å²) in [6, 6.07) is 21.7. The molecule has 0 radical (unpaired) electrons. The third-order valence-corrected chi connectivity index (χ3v) is 6.54. The summed E-state index contributed by atoms with van der Waals surface area (Å²) >= 11 is 1.71. The Morgan fingerprint density at radius 2 is 1.85 bits per heavy atom. The van der Waals surface area contributed by atoms with E-state index in [2.05, 4.69) is 15.5 Å². The molecule has 3 heterocycles. The molecule has 5 aromatic rings. The van der Waals surface area contributed by atoms with Crippen LogP contribution in [0.2, 0.25) is 0 Å². The van der Waals surface area contributed by atoms with Crippen LogP contribution in [0.1, 0.15) is 34.3 Å². The van der Waals surface area contributed by atoms with Gasteiger partial charge in [0, 0.05) is 22.7 Å². The van der Waals surface area contributed by atoms with Crippen molar-refractivity contribution in [2.75, 3.05) is 12.0 Å². The SMILES string of the molecule is CSCCC(NC(=O)c1cc2ccccc2n1Cc1ccccc1F)c1nnc2ccccn12. The Morgan fingerprint density at radius 1 is 1.06 bits per heavy atom. The molecule has 0 aliphatic rings. The second-order valence-electron chi connectivity index (χ2n) is 8.06. The van der Waals surface area contributed by atoms with Gasteiger partial charge in [-0.2, -0.15) is 11.8 Å². The van der Waals surface area contributed by atoms with Crippen molar-refractivity contribution in [3.05, 3.63) is 102 Å². The molecule has 0 saturated carbocycles. The molecule has 172 valence electrons. The molecule has 8 heteroatoms. The van der Waals surface area contributed by atoms with E-state index in [1.807, 2.05) is 70.0 Å². The highest BCUT2D eigenvalue weighted by molar-refractivity contribution is 7.98. The Kier molecular flexibility index (Phi) is 6.31. The summed E-state index contributed by atoms with van der Waals surface area (Å²) in [6.45, 7) is 0.256. The molecule has 1 atom stereocenters. The Bertz CT molecular complexity index is 1460. The fourth-order valence-electron chi connectivity index (χ4n) is 4.20. The smallest absolute Gasteiger partial charge is 0.268 e. The number of benzene rings is 2. The van der Waals surface area contributed by atoms with Crippen LogP contribution in [0.3, 0.4) is 0 Å². The largest absolute Gasteiger partial charge is 0.341 e. The lowest BCUT2D eigenvalue weighted by atomic mass is 10.2. The topological polar surface area (TPSA) is 64.2 Å². The van der Waals surface area contributed by atoms with E-state index in [0.29, 0.717) is 23.5 Å². The normalized spacial score (nSPS) is 12.3. The van der Waals surface area contributed by atoms with Crippen LogP contribution in [-0.2, 0) is 6.54 Å². The number of carbonyl (C=O) groups excluding carboxylic acids is 1. The molecule has 6 nitrogen and oxygen atoms in total. The van der Waals surface area contributed by atoms with Crippen LogP contribution in [0.25, 0.3) is 16.6 Å². The fourth-order valence-corrected chi connectivity index (χ4v) is 4.67. The summed E-state index contributed by atoms with van der Waals surface area (Å²) < 4.78 is 18.2. The van der Waals surface area contributed by atoms with Gasteiger partial charge in [-0.25, -0.2) is 4.39 Å². The molecular formula is C26H24FN5OS. The number of nitrogens with zero attached hydrogens (tertiary/aromatic N) is 4. The summed E-state index contributed by atoms with van der Waals surface area (Å²) in [5, 5.41) is 12.7. The van der Waals surface area contributed by atoms with Gasteiger partial charge in [-0.05, 0) is 48.8 Å². The third kappa shape index (κ3) is 4.28. The second kappa shape index (κ2) is 9.69. The number of hydrogen-bond donors (Lipinski definition) is 1. The number of nitrogens with one attached hydrogen (secondary N) is 1. The molecule has 0 fully saturated rings. The maximum Gasteiger partial charge on any atom is 0.268 e. The van der Waals surface area contributed by atoms with Gasteiger partial charge in [0.15, 0.2) is 11.5 Å². The molecule has 0 bridgehead atoms. The van der Waals surface area contributed by atoms with Gasteiger partial charge in [-0.1, -0.05) is 42.5 Å². The van der Waals surface area contributed by atoms with Gasteiger partial charge < -0.3 is 9.88 Å². The summed E-state index contributed by atoms with van der Waals surface area (Å²) in [4.78, 5) is 13.6. The second-order valence-corrected chi connectivity index (χ2v) is 9.05. The minimum Gasteiger partial charge on any atom is -0.341 e. The highest BCUT2D eigenvalue weighted by Crippen LogP contribution is 2.24. The van der Waals surface area contributed by atoms with E-state index in [0.717, 1.165) is 22.3 Å². The number of carbonyl (C=O) groups is 1. The lowest BCUT2D eigenvalue weighted by Crippen LogP contribution is -2.32. The first kappa shape index (κ1) is 22.2. The van der Waals surface area contributed by atoms with Crippen LogP contribution in [0.5, 0.6) is 0 Å². The van der Waals surface area contributed by atoms with Crippen molar-refractivity contribution in [2.24, 2.45) is 0 Å². The van der Waals surface area contributed by atoms with Gasteiger partial charge in [-0.3, -0.25) is 9.20 Å². The highest BCUT2D eigenvalue weighted by atomic mass is 32.2. The number of thioether (sulfide) groups is 1. The van der Waals surface area contributed by atoms with E-state index in [9.17, 15) is 9.18 Å². The summed E-state index contributed by atoms with van der Waals surface area (Å²) in [7, 11) is 0. The van der Waals surface area contributed by atoms with Crippen molar-refractivity contribution < 1.29 is 9.18 Å². The van der Waals surface area contributed by atoms with Crippen molar-refractivity contribution in [3.63, 3.8) is 0 Å². The monoisotopic (exact) mass is 473 g/mol. The first-order chi connectivity index (χ1) is 16.7. The zero-order valence-corrected chi connectivity index (χ0v) is 19.5. The maximum absolute atomic E-state index is 14.5. The quantitative estimate of drug-likeness (QED) is 0.341. The highest BCUT2D eigenvalue weighted by Gasteiger charge is 2.24. The van der Waals surface area contributed by atoms with E-state index in [1.54, 1.807) is 30.0 Å². The van der Waals surface area contributed by atoms with E-state index in [-0.39, 0.29) is 24.3 Å². The first-order valence-electron chi connectivity index (χ1n) is 11.1. The number of amides is 1. The van der Waals surface area contributed by atoms with Crippen LogP contribution in [0.15, 0.2) is 79.0 Å². The van der Waals surface area contributed by atoms with Gasteiger partial charge >= 0.3 is 0 Å². The van der Waals surface area contributed by atoms with Crippen LogP contribution >= 0.6 is 11.8 Å². The van der Waals surface area contributed by atoms with Gasteiger partial charge in [-0.15, -0.1) is 10.2 Å². The minimum atomic E-state index is -0.322. The molecule has 0 aliphatic carbocycles. The molecule has 0 aliphatic heterocycles. The molecule has 34 heavy (non-hydrogen) atoms. The molecule has 0 spiro atoms. The molecule has 0 saturated heterocycles. The van der Waals surface area contributed by atoms with E-state index in [4.69, 9.17) is 0 Å². The molecular weight excluding hydrogens is 449 g/mol. The zero-order chi connectivity index (χ0) is 23.5. The van der Waals surface area contributed by atoms with Crippen LogP contribution < -0.4 is 5.32 Å². The number of aromatic nitrogens is 4. The molecule has 2 aromatic carbocycles. The predicted molar refractivity (Wildman–Crippen MR) is 134 cm³/mol. The number of rotatable bonds is 8. The third-order valence-electron chi connectivity index (χ3n) is 5.90. The zero-order valence-electron chi connectivity index (χ0n) is 18.7. The van der Waals surface area contributed by atoms with Crippen molar-refractivity contribution >= 4 is 34.2 Å². The number of pyridine rings is 1. The van der Waals surface area contributed by atoms with E-state index >= 15 is 0 Å².